The Hall–Kier alpha value is -1.92. The minimum Gasteiger partial charge on any atom is -0.480 e. The number of carbonyl (C=O) groups excluding carboxylic acids is 1. The van der Waals surface area contributed by atoms with E-state index in [9.17, 15) is 9.59 Å². The van der Waals surface area contributed by atoms with E-state index < -0.39 is 5.97 Å². The lowest BCUT2D eigenvalue weighted by molar-refractivity contribution is -0.137. The molecule has 116 valence electrons. The molecule has 0 aliphatic heterocycles. The van der Waals surface area contributed by atoms with Gasteiger partial charge in [-0.15, -0.1) is 5.10 Å². The highest BCUT2D eigenvalue weighted by molar-refractivity contribution is 5.92. The van der Waals surface area contributed by atoms with Crippen LogP contribution in [0.3, 0.4) is 0 Å². The third-order valence-corrected chi connectivity index (χ3v) is 3.64. The zero-order valence-corrected chi connectivity index (χ0v) is 12.5. The van der Waals surface area contributed by atoms with Gasteiger partial charge in [0, 0.05) is 12.6 Å². The molecule has 0 unspecified atom stereocenters. The number of aliphatic carboxylic acids is 1. The van der Waals surface area contributed by atoms with Gasteiger partial charge in [-0.2, -0.15) is 0 Å². The summed E-state index contributed by atoms with van der Waals surface area (Å²) in [6.45, 7) is 4.57. The fourth-order valence-electron chi connectivity index (χ4n) is 2.77. The molecule has 1 heterocycles. The maximum Gasteiger partial charge on any atom is 0.325 e. The van der Waals surface area contributed by atoms with E-state index in [1.807, 2.05) is 4.90 Å². The molecule has 0 aromatic carbocycles. The van der Waals surface area contributed by atoms with Crippen molar-refractivity contribution in [1.29, 1.82) is 0 Å². The largest absolute Gasteiger partial charge is 0.480 e. The molecule has 1 aliphatic carbocycles. The van der Waals surface area contributed by atoms with E-state index in [1.54, 1.807) is 0 Å². The minimum absolute atomic E-state index is 0.146. The first-order chi connectivity index (χ1) is 9.97. The van der Waals surface area contributed by atoms with Crippen molar-refractivity contribution < 1.29 is 14.7 Å². The molecule has 7 nitrogen and oxygen atoms in total. The van der Waals surface area contributed by atoms with Crippen LogP contribution in [0.5, 0.6) is 0 Å². The van der Waals surface area contributed by atoms with Gasteiger partial charge in [0.2, 0.25) is 0 Å². The molecule has 0 spiro atoms. The number of carboxylic acid groups (broad SMARTS) is 1. The molecule has 1 fully saturated rings. The number of carboxylic acids is 1. The summed E-state index contributed by atoms with van der Waals surface area (Å²) in [6.07, 6.45) is 5.78. The van der Waals surface area contributed by atoms with Crippen LogP contribution >= 0.6 is 0 Å². The van der Waals surface area contributed by atoms with Crippen molar-refractivity contribution in [3.63, 3.8) is 0 Å². The molecule has 1 aliphatic rings. The van der Waals surface area contributed by atoms with E-state index in [1.165, 1.54) is 10.9 Å². The first kappa shape index (κ1) is 15.5. The van der Waals surface area contributed by atoms with Crippen molar-refractivity contribution in [2.45, 2.75) is 52.1 Å². The van der Waals surface area contributed by atoms with Crippen molar-refractivity contribution >= 4 is 11.9 Å². The zero-order chi connectivity index (χ0) is 15.4. The van der Waals surface area contributed by atoms with E-state index in [2.05, 4.69) is 24.2 Å². The molecule has 1 N–H and O–H groups in total. The van der Waals surface area contributed by atoms with Crippen molar-refractivity contribution in [1.82, 2.24) is 19.9 Å². The third kappa shape index (κ3) is 4.03. The topological polar surface area (TPSA) is 88.3 Å². The summed E-state index contributed by atoms with van der Waals surface area (Å²) in [7, 11) is 0. The lowest BCUT2D eigenvalue weighted by Gasteiger charge is -2.29. The SMILES string of the molecule is CC(C)CN(C(=O)c1cn(CC(=O)O)nn1)C1CCCC1. The number of hydrogen-bond acceptors (Lipinski definition) is 4. The molecule has 0 saturated heterocycles. The molecule has 1 aromatic heterocycles. The average Bonchev–Trinajstić information content (AvgIpc) is 3.05. The van der Waals surface area contributed by atoms with Crippen molar-refractivity contribution in [3.8, 4) is 0 Å². The van der Waals surface area contributed by atoms with Crippen LogP contribution in [0.2, 0.25) is 0 Å². The minimum atomic E-state index is -1.01. The maximum absolute atomic E-state index is 12.6. The summed E-state index contributed by atoms with van der Waals surface area (Å²) >= 11 is 0. The molecule has 0 bridgehead atoms. The first-order valence-electron chi connectivity index (χ1n) is 7.40. The van der Waals surface area contributed by atoms with Gasteiger partial charge in [-0.3, -0.25) is 9.59 Å². The second-order valence-electron chi connectivity index (χ2n) is 5.98. The average molecular weight is 294 g/mol. The Morgan fingerprint density at radius 3 is 2.67 bits per heavy atom. The summed E-state index contributed by atoms with van der Waals surface area (Å²) in [6, 6.07) is 0.268. The lowest BCUT2D eigenvalue weighted by atomic mass is 10.1. The number of rotatable bonds is 6. The highest BCUT2D eigenvalue weighted by Crippen LogP contribution is 2.25. The van der Waals surface area contributed by atoms with E-state index in [0.717, 1.165) is 25.7 Å². The zero-order valence-electron chi connectivity index (χ0n) is 12.5. The smallest absolute Gasteiger partial charge is 0.325 e. The van der Waals surface area contributed by atoms with Gasteiger partial charge < -0.3 is 10.0 Å². The molecule has 2 rings (SSSR count). The van der Waals surface area contributed by atoms with Gasteiger partial charge in [-0.05, 0) is 18.8 Å². The fourth-order valence-corrected chi connectivity index (χ4v) is 2.77. The van der Waals surface area contributed by atoms with Crippen molar-refractivity contribution in [2.75, 3.05) is 6.54 Å². The molecular formula is C14H22N4O3. The number of carbonyl (C=O) groups is 2. The number of nitrogens with zero attached hydrogens (tertiary/aromatic N) is 4. The fraction of sp³-hybridized carbons (Fsp3) is 0.714. The molecule has 21 heavy (non-hydrogen) atoms. The first-order valence-corrected chi connectivity index (χ1v) is 7.40. The van der Waals surface area contributed by atoms with Gasteiger partial charge in [0.1, 0.15) is 6.54 Å². The Balaban J connectivity index is 2.12. The van der Waals surface area contributed by atoms with E-state index in [4.69, 9.17) is 5.11 Å². The summed E-state index contributed by atoms with van der Waals surface area (Å²) in [5.41, 5.74) is 0.226. The molecule has 1 aromatic rings. The van der Waals surface area contributed by atoms with Crippen LogP contribution in [-0.2, 0) is 11.3 Å². The van der Waals surface area contributed by atoms with Crippen LogP contribution in [0.25, 0.3) is 0 Å². The van der Waals surface area contributed by atoms with Gasteiger partial charge in [0.15, 0.2) is 5.69 Å². The summed E-state index contributed by atoms with van der Waals surface area (Å²) in [4.78, 5) is 25.2. The third-order valence-electron chi connectivity index (χ3n) is 3.64. The molecule has 0 radical (unpaired) electrons. The van der Waals surface area contributed by atoms with E-state index >= 15 is 0 Å². The van der Waals surface area contributed by atoms with Crippen LogP contribution in [0, 0.1) is 5.92 Å². The van der Waals surface area contributed by atoms with Crippen molar-refractivity contribution in [3.05, 3.63) is 11.9 Å². The number of aromatic nitrogens is 3. The predicted molar refractivity (Wildman–Crippen MR) is 75.8 cm³/mol. The molecular weight excluding hydrogens is 272 g/mol. The van der Waals surface area contributed by atoms with Gasteiger partial charge in [0.05, 0.1) is 6.20 Å². The molecule has 0 atom stereocenters. The van der Waals surface area contributed by atoms with E-state index in [0.29, 0.717) is 12.5 Å². The van der Waals surface area contributed by atoms with Crippen LogP contribution in [0.15, 0.2) is 6.20 Å². The maximum atomic E-state index is 12.6. The number of amides is 1. The van der Waals surface area contributed by atoms with Gasteiger partial charge in [-0.25, -0.2) is 4.68 Å². The predicted octanol–water partition coefficient (Wildman–Crippen LogP) is 1.40. The monoisotopic (exact) mass is 294 g/mol. The highest BCUT2D eigenvalue weighted by Gasteiger charge is 2.29. The van der Waals surface area contributed by atoms with Crippen LogP contribution in [0.4, 0.5) is 0 Å². The Morgan fingerprint density at radius 2 is 2.10 bits per heavy atom. The summed E-state index contributed by atoms with van der Waals surface area (Å²) in [5.74, 6) is -0.774. The second kappa shape index (κ2) is 6.69. The Labute approximate surface area is 123 Å². The standard InChI is InChI=1S/C14H22N4O3/c1-10(2)7-18(11-5-3-4-6-11)14(21)12-8-17(16-15-12)9-13(19)20/h8,10-11H,3-7,9H2,1-2H3,(H,19,20). The lowest BCUT2D eigenvalue weighted by Crippen LogP contribution is -2.41. The quantitative estimate of drug-likeness (QED) is 0.856. The van der Waals surface area contributed by atoms with Crippen LogP contribution in [0.1, 0.15) is 50.0 Å². The Kier molecular flexibility index (Phi) is 4.93. The summed E-state index contributed by atoms with van der Waals surface area (Å²) in [5, 5.41) is 16.3. The Morgan fingerprint density at radius 1 is 1.43 bits per heavy atom. The van der Waals surface area contributed by atoms with Gasteiger partial charge in [-0.1, -0.05) is 31.9 Å². The Bertz CT molecular complexity index is 506. The highest BCUT2D eigenvalue weighted by atomic mass is 16.4. The second-order valence-corrected chi connectivity index (χ2v) is 5.98. The van der Waals surface area contributed by atoms with Crippen molar-refractivity contribution in [2.24, 2.45) is 5.92 Å². The number of hydrogen-bond donors (Lipinski definition) is 1. The molecule has 7 heteroatoms. The molecule has 1 saturated carbocycles. The van der Waals surface area contributed by atoms with Gasteiger partial charge >= 0.3 is 5.97 Å². The van der Waals surface area contributed by atoms with Gasteiger partial charge in [0.25, 0.3) is 5.91 Å². The van der Waals surface area contributed by atoms with Crippen LogP contribution < -0.4 is 0 Å². The van der Waals surface area contributed by atoms with E-state index in [-0.39, 0.29) is 24.2 Å². The van der Waals surface area contributed by atoms with Crippen LogP contribution in [-0.4, -0.2) is 49.5 Å². The molecule has 1 amide bonds. The summed E-state index contributed by atoms with van der Waals surface area (Å²) < 4.78 is 1.18. The normalized spacial score (nSPS) is 15.6.